The highest BCUT2D eigenvalue weighted by atomic mass is 19.4. The number of rotatable bonds is 8. The average Bonchev–Trinajstić information content (AvgIpc) is 3.61. The molecule has 4 heterocycles. The molecule has 2 unspecified atom stereocenters. The summed E-state index contributed by atoms with van der Waals surface area (Å²) in [7, 11) is 2.06. The molecule has 3 aliphatic heterocycles. The van der Waals surface area contributed by atoms with Gasteiger partial charge in [0.25, 0.3) is 5.91 Å². The number of fused-ring (bicyclic) bond motifs is 1. The van der Waals surface area contributed by atoms with Gasteiger partial charge in [0.05, 0.1) is 30.7 Å². The molecule has 0 spiro atoms. The Morgan fingerprint density at radius 3 is 2.56 bits per heavy atom. The molecule has 8 nitrogen and oxygen atoms in total. The minimum Gasteiger partial charge on any atom is -0.379 e. The molecular formula is C33H38F4N6O2. The van der Waals surface area contributed by atoms with Crippen molar-refractivity contribution in [2.24, 2.45) is 5.92 Å². The van der Waals surface area contributed by atoms with E-state index in [1.807, 2.05) is 0 Å². The van der Waals surface area contributed by atoms with Crippen LogP contribution in [0.4, 0.5) is 23.2 Å². The first-order chi connectivity index (χ1) is 21.5. The molecule has 0 N–H and O–H groups in total. The predicted octanol–water partition coefficient (Wildman–Crippen LogP) is 5.54. The number of carbonyl (C=O) groups excluding carboxylic acids is 1. The van der Waals surface area contributed by atoms with Gasteiger partial charge < -0.3 is 19.1 Å². The number of halogens is 4. The lowest BCUT2D eigenvalue weighted by Gasteiger charge is -2.44. The molecule has 3 aromatic rings. The van der Waals surface area contributed by atoms with Gasteiger partial charge in [-0.05, 0) is 66.8 Å². The van der Waals surface area contributed by atoms with E-state index >= 15 is 4.39 Å². The fraction of sp³-hybridized carbons (Fsp3) is 0.545. The maximum Gasteiger partial charge on any atom is 0.416 e. The molecule has 240 valence electrons. The number of likely N-dealkylation sites (N-methyl/N-ethyl adjacent to an activating group) is 1. The second kappa shape index (κ2) is 11.2. The van der Waals surface area contributed by atoms with Crippen molar-refractivity contribution in [3.63, 3.8) is 0 Å². The lowest BCUT2D eigenvalue weighted by Crippen LogP contribution is -2.53. The smallest absolute Gasteiger partial charge is 0.379 e. The van der Waals surface area contributed by atoms with E-state index < -0.39 is 29.2 Å². The first kappa shape index (κ1) is 30.3. The van der Waals surface area contributed by atoms with Crippen molar-refractivity contribution in [1.29, 1.82) is 0 Å². The number of amides is 1. The molecule has 2 aromatic carbocycles. The Morgan fingerprint density at radius 2 is 1.89 bits per heavy atom. The molecule has 1 aromatic heterocycles. The summed E-state index contributed by atoms with van der Waals surface area (Å²) < 4.78 is 67.1. The summed E-state index contributed by atoms with van der Waals surface area (Å²) in [5, 5.41) is 8.05. The molecular weight excluding hydrogens is 588 g/mol. The van der Waals surface area contributed by atoms with E-state index in [-0.39, 0.29) is 48.8 Å². The number of anilines is 1. The highest BCUT2D eigenvalue weighted by molar-refractivity contribution is 6.10. The summed E-state index contributed by atoms with van der Waals surface area (Å²) >= 11 is 0. The number of carbonyl (C=O) groups is 1. The van der Waals surface area contributed by atoms with Crippen LogP contribution in [0.15, 0.2) is 42.7 Å². The highest BCUT2D eigenvalue weighted by Gasteiger charge is 2.51. The quantitative estimate of drug-likeness (QED) is 0.306. The molecule has 0 radical (unpaired) electrons. The van der Waals surface area contributed by atoms with E-state index in [4.69, 9.17) is 4.74 Å². The Hall–Kier alpha value is -3.35. The molecule has 1 aliphatic carbocycles. The van der Waals surface area contributed by atoms with Crippen LogP contribution >= 0.6 is 0 Å². The van der Waals surface area contributed by atoms with E-state index in [0.717, 1.165) is 32.5 Å². The van der Waals surface area contributed by atoms with E-state index in [1.54, 1.807) is 41.2 Å². The maximum absolute atomic E-state index is 16.3. The predicted molar refractivity (Wildman–Crippen MR) is 160 cm³/mol. The van der Waals surface area contributed by atoms with Crippen LogP contribution in [0.5, 0.6) is 0 Å². The lowest BCUT2D eigenvalue weighted by molar-refractivity contribution is -0.138. The van der Waals surface area contributed by atoms with Crippen LogP contribution in [0, 0.1) is 5.92 Å². The van der Waals surface area contributed by atoms with Gasteiger partial charge >= 0.3 is 6.18 Å². The van der Waals surface area contributed by atoms with Crippen LogP contribution in [0.2, 0.25) is 0 Å². The Morgan fingerprint density at radius 1 is 1.11 bits per heavy atom. The van der Waals surface area contributed by atoms with Crippen LogP contribution < -0.4 is 4.90 Å². The molecule has 1 saturated carbocycles. The van der Waals surface area contributed by atoms with Gasteiger partial charge in [0.2, 0.25) is 0 Å². The van der Waals surface area contributed by atoms with Gasteiger partial charge in [0.15, 0.2) is 12.0 Å². The largest absolute Gasteiger partial charge is 0.416 e. The number of hydrogen-bond donors (Lipinski definition) is 0. The number of benzene rings is 2. The average molecular weight is 627 g/mol. The van der Waals surface area contributed by atoms with E-state index in [9.17, 15) is 18.0 Å². The molecule has 4 aliphatic rings. The van der Waals surface area contributed by atoms with Crippen LogP contribution in [-0.4, -0.2) is 76.4 Å². The Bertz CT molecular complexity index is 1600. The van der Waals surface area contributed by atoms with Crippen molar-refractivity contribution in [1.82, 2.24) is 24.6 Å². The van der Waals surface area contributed by atoms with E-state index in [2.05, 4.69) is 40.9 Å². The summed E-state index contributed by atoms with van der Waals surface area (Å²) in [5.74, 6) is 0.0859. The van der Waals surface area contributed by atoms with Gasteiger partial charge in [-0.25, -0.2) is 4.39 Å². The fourth-order valence-electron chi connectivity index (χ4n) is 7.15. The standard InChI is InChI=1S/C33H38F4N6O2/c1-20(2)28-16-40(3)9-10-41(28)14-21-11-25-26(27(12-21)33(35,36)37)15-42(31(25)44)24-6-4-5-22(13-24)32(17-45-18-32)29(34)30-39-38-19-43(30)23-7-8-23/h4-6,11-13,19-20,23,28-29H,7-10,14-18H2,1-3H3. The van der Waals surface area contributed by atoms with Crippen LogP contribution in [-0.2, 0) is 29.4 Å². The van der Waals surface area contributed by atoms with Crippen LogP contribution in [0.1, 0.15) is 77.3 Å². The number of aromatic nitrogens is 3. The zero-order valence-corrected chi connectivity index (χ0v) is 25.7. The normalized spacial score (nSPS) is 23.0. The number of piperazine rings is 1. The van der Waals surface area contributed by atoms with Crippen molar-refractivity contribution in [3.8, 4) is 0 Å². The number of alkyl halides is 4. The first-order valence-corrected chi connectivity index (χ1v) is 15.7. The van der Waals surface area contributed by atoms with E-state index in [0.29, 0.717) is 29.3 Å². The summed E-state index contributed by atoms with van der Waals surface area (Å²) in [4.78, 5) is 19.7. The monoisotopic (exact) mass is 626 g/mol. The first-order valence-electron chi connectivity index (χ1n) is 15.7. The summed E-state index contributed by atoms with van der Waals surface area (Å²) in [6, 6.07) is 10.1. The summed E-state index contributed by atoms with van der Waals surface area (Å²) in [6.45, 7) is 7.01. The van der Waals surface area contributed by atoms with Gasteiger partial charge in [-0.2, -0.15) is 13.2 Å². The van der Waals surface area contributed by atoms with Crippen molar-refractivity contribution in [3.05, 3.63) is 76.4 Å². The van der Waals surface area contributed by atoms with Crippen LogP contribution in [0.25, 0.3) is 0 Å². The van der Waals surface area contributed by atoms with Crippen molar-refractivity contribution in [2.45, 2.75) is 69.6 Å². The molecule has 2 atom stereocenters. The second-order valence-electron chi connectivity index (χ2n) is 13.5. The molecule has 12 heteroatoms. The Balaban J connectivity index is 1.19. The summed E-state index contributed by atoms with van der Waals surface area (Å²) in [6.07, 6.45) is -2.67. The Kier molecular flexibility index (Phi) is 7.52. The third-order valence-corrected chi connectivity index (χ3v) is 10.0. The zero-order chi connectivity index (χ0) is 31.7. The minimum absolute atomic E-state index is 0.0250. The fourth-order valence-corrected chi connectivity index (χ4v) is 7.15. The molecule has 0 bridgehead atoms. The maximum atomic E-state index is 16.3. The van der Waals surface area contributed by atoms with Gasteiger partial charge in [-0.1, -0.05) is 26.0 Å². The number of nitrogens with zero attached hydrogens (tertiary/aromatic N) is 6. The summed E-state index contributed by atoms with van der Waals surface area (Å²) in [5.41, 5.74) is -0.254. The SMILES string of the molecule is CC(C)C1CN(C)CCN1Cc1cc2c(c(C(F)(F)F)c1)CN(c1cccc(C3(C(F)c4nncn4C4CC4)COC3)c1)C2=O. The molecule has 1 amide bonds. The molecule has 2 saturated heterocycles. The van der Waals surface area contributed by atoms with Gasteiger partial charge in [0, 0.05) is 49.5 Å². The third-order valence-electron chi connectivity index (χ3n) is 10.0. The van der Waals surface area contributed by atoms with Gasteiger partial charge in [-0.3, -0.25) is 9.69 Å². The minimum atomic E-state index is -4.62. The number of ether oxygens (including phenoxy) is 1. The number of hydrogen-bond acceptors (Lipinski definition) is 6. The molecule has 45 heavy (non-hydrogen) atoms. The molecule has 3 fully saturated rings. The van der Waals surface area contributed by atoms with Crippen molar-refractivity contribution in [2.75, 3.05) is 44.8 Å². The zero-order valence-electron chi connectivity index (χ0n) is 25.7. The highest BCUT2D eigenvalue weighted by Crippen LogP contribution is 2.48. The van der Waals surface area contributed by atoms with Gasteiger partial charge in [0.1, 0.15) is 6.33 Å². The third kappa shape index (κ3) is 5.34. The van der Waals surface area contributed by atoms with Crippen molar-refractivity contribution < 1.29 is 27.1 Å². The second-order valence-corrected chi connectivity index (χ2v) is 13.5. The van der Waals surface area contributed by atoms with Gasteiger partial charge in [-0.15, -0.1) is 10.2 Å². The lowest BCUT2D eigenvalue weighted by atomic mass is 9.74. The van der Waals surface area contributed by atoms with Crippen LogP contribution in [0.3, 0.4) is 0 Å². The van der Waals surface area contributed by atoms with E-state index in [1.165, 1.54) is 11.0 Å². The topological polar surface area (TPSA) is 66.7 Å². The Labute approximate surface area is 259 Å². The molecule has 7 rings (SSSR count). The van der Waals surface area contributed by atoms with Crippen molar-refractivity contribution >= 4 is 11.6 Å².